The van der Waals surface area contributed by atoms with E-state index in [9.17, 15) is 4.79 Å². The first-order valence-corrected chi connectivity index (χ1v) is 5.99. The molecule has 19 heavy (non-hydrogen) atoms. The van der Waals surface area contributed by atoms with E-state index in [0.717, 1.165) is 11.4 Å². The average molecular weight is 258 g/mol. The van der Waals surface area contributed by atoms with Crippen LogP contribution in [0, 0.1) is 0 Å². The maximum absolute atomic E-state index is 11.2. The van der Waals surface area contributed by atoms with Crippen LogP contribution < -0.4 is 11.5 Å². The number of hydrogen-bond acceptors (Lipinski definition) is 4. The molecule has 0 bridgehead atoms. The van der Waals surface area contributed by atoms with Crippen molar-refractivity contribution in [3.63, 3.8) is 0 Å². The zero-order valence-electron chi connectivity index (χ0n) is 10.5. The largest absolute Gasteiger partial charge is 0.417 e. The van der Waals surface area contributed by atoms with Crippen molar-refractivity contribution in [3.8, 4) is 0 Å². The van der Waals surface area contributed by atoms with Crippen molar-refractivity contribution in [1.82, 2.24) is 14.5 Å². The van der Waals surface area contributed by atoms with Gasteiger partial charge in [-0.25, -0.2) is 9.78 Å². The van der Waals surface area contributed by atoms with Crippen molar-refractivity contribution in [1.29, 1.82) is 0 Å². The molecule has 0 aliphatic rings. The number of oxazole rings is 1. The molecule has 6 nitrogen and oxygen atoms in total. The molecule has 0 saturated heterocycles. The van der Waals surface area contributed by atoms with Crippen molar-refractivity contribution >= 4 is 11.1 Å². The molecule has 98 valence electrons. The molecule has 2 heterocycles. The SMILES string of the molecule is Cn1ccnc1C(CN)c1ccc2[nH]c(=O)oc2c1. The second-order valence-corrected chi connectivity index (χ2v) is 4.45. The summed E-state index contributed by atoms with van der Waals surface area (Å²) in [5, 5.41) is 0. The van der Waals surface area contributed by atoms with E-state index in [-0.39, 0.29) is 5.92 Å². The number of rotatable bonds is 3. The molecule has 6 heteroatoms. The summed E-state index contributed by atoms with van der Waals surface area (Å²) in [6, 6.07) is 5.58. The van der Waals surface area contributed by atoms with Crippen molar-refractivity contribution in [2.75, 3.05) is 6.54 Å². The molecule has 1 unspecified atom stereocenters. The van der Waals surface area contributed by atoms with Crippen molar-refractivity contribution in [3.05, 3.63) is 52.5 Å². The van der Waals surface area contributed by atoms with Gasteiger partial charge in [0.25, 0.3) is 0 Å². The van der Waals surface area contributed by atoms with Gasteiger partial charge in [0.2, 0.25) is 0 Å². The Balaban J connectivity index is 2.11. The highest BCUT2D eigenvalue weighted by Crippen LogP contribution is 2.24. The lowest BCUT2D eigenvalue weighted by molar-refractivity contribution is 0.554. The predicted octanol–water partition coefficient (Wildman–Crippen LogP) is 0.945. The molecule has 0 aliphatic carbocycles. The highest BCUT2D eigenvalue weighted by atomic mass is 16.4. The van der Waals surface area contributed by atoms with E-state index in [1.54, 1.807) is 6.20 Å². The molecule has 1 atom stereocenters. The molecule has 0 amide bonds. The van der Waals surface area contributed by atoms with Crippen LogP contribution in [0.1, 0.15) is 17.3 Å². The zero-order valence-corrected chi connectivity index (χ0v) is 10.5. The highest BCUT2D eigenvalue weighted by Gasteiger charge is 2.17. The third-order valence-electron chi connectivity index (χ3n) is 3.25. The lowest BCUT2D eigenvalue weighted by Gasteiger charge is -2.14. The number of hydrogen-bond donors (Lipinski definition) is 2. The molecule has 0 fully saturated rings. The molecular weight excluding hydrogens is 244 g/mol. The van der Waals surface area contributed by atoms with Gasteiger partial charge in [-0.05, 0) is 17.7 Å². The first kappa shape index (κ1) is 11.7. The number of aromatic amines is 1. The minimum absolute atomic E-state index is 0.0235. The summed E-state index contributed by atoms with van der Waals surface area (Å²) in [5.41, 5.74) is 8.06. The van der Waals surface area contributed by atoms with E-state index in [1.165, 1.54) is 0 Å². The van der Waals surface area contributed by atoms with Gasteiger partial charge >= 0.3 is 5.76 Å². The zero-order chi connectivity index (χ0) is 13.4. The van der Waals surface area contributed by atoms with Gasteiger partial charge in [-0.15, -0.1) is 0 Å². The maximum Gasteiger partial charge on any atom is 0.417 e. The summed E-state index contributed by atoms with van der Waals surface area (Å²) in [6.07, 6.45) is 3.62. The molecule has 3 N–H and O–H groups in total. The van der Waals surface area contributed by atoms with E-state index in [2.05, 4.69) is 9.97 Å². The number of aromatic nitrogens is 3. The second-order valence-electron chi connectivity index (χ2n) is 4.45. The number of aryl methyl sites for hydroxylation is 1. The second kappa shape index (κ2) is 4.40. The molecular formula is C13H14N4O2. The van der Waals surface area contributed by atoms with E-state index in [0.29, 0.717) is 17.6 Å². The van der Waals surface area contributed by atoms with E-state index in [1.807, 2.05) is 36.0 Å². The van der Waals surface area contributed by atoms with E-state index in [4.69, 9.17) is 10.2 Å². The third kappa shape index (κ3) is 1.96. The number of nitrogens with one attached hydrogen (secondary N) is 1. The smallest absolute Gasteiger partial charge is 0.408 e. The third-order valence-corrected chi connectivity index (χ3v) is 3.25. The first-order valence-electron chi connectivity index (χ1n) is 5.99. The van der Waals surface area contributed by atoms with Crippen LogP contribution in [0.25, 0.3) is 11.1 Å². The Hall–Kier alpha value is -2.34. The Morgan fingerprint density at radius 2 is 2.37 bits per heavy atom. The normalized spacial score (nSPS) is 12.9. The van der Waals surface area contributed by atoms with Gasteiger partial charge in [0, 0.05) is 26.0 Å². The van der Waals surface area contributed by atoms with Crippen molar-refractivity contribution in [2.24, 2.45) is 12.8 Å². The number of fused-ring (bicyclic) bond motifs is 1. The summed E-state index contributed by atoms with van der Waals surface area (Å²) in [4.78, 5) is 18.1. The van der Waals surface area contributed by atoms with Crippen LogP contribution in [0.15, 0.2) is 39.8 Å². The number of benzene rings is 1. The molecule has 1 aromatic carbocycles. The Bertz CT molecular complexity index is 768. The van der Waals surface area contributed by atoms with Crippen LogP contribution in [-0.2, 0) is 7.05 Å². The topological polar surface area (TPSA) is 89.8 Å². The van der Waals surface area contributed by atoms with Crippen LogP contribution in [0.2, 0.25) is 0 Å². The van der Waals surface area contributed by atoms with Gasteiger partial charge in [-0.1, -0.05) is 6.07 Å². The average Bonchev–Trinajstić information content (AvgIpc) is 2.95. The molecule has 0 aliphatic heterocycles. The lowest BCUT2D eigenvalue weighted by Crippen LogP contribution is -2.17. The Kier molecular flexibility index (Phi) is 2.72. The number of imidazole rings is 1. The standard InChI is InChI=1S/C13H14N4O2/c1-17-5-4-15-12(17)9(7-14)8-2-3-10-11(6-8)19-13(18)16-10/h2-6,9H,7,14H2,1H3,(H,16,18). The molecule has 0 spiro atoms. The summed E-state index contributed by atoms with van der Waals surface area (Å²) >= 11 is 0. The van der Waals surface area contributed by atoms with E-state index >= 15 is 0 Å². The molecule has 3 aromatic rings. The Morgan fingerprint density at radius 1 is 1.53 bits per heavy atom. The molecule has 0 saturated carbocycles. The Morgan fingerprint density at radius 3 is 3.05 bits per heavy atom. The number of nitrogens with zero attached hydrogens (tertiary/aromatic N) is 2. The highest BCUT2D eigenvalue weighted by molar-refractivity contribution is 5.73. The van der Waals surface area contributed by atoms with Crippen LogP contribution in [0.5, 0.6) is 0 Å². The van der Waals surface area contributed by atoms with Crippen molar-refractivity contribution in [2.45, 2.75) is 5.92 Å². The Labute approximate surface area is 108 Å². The van der Waals surface area contributed by atoms with E-state index < -0.39 is 5.76 Å². The summed E-state index contributed by atoms with van der Waals surface area (Å²) in [5.74, 6) is 0.415. The van der Waals surface area contributed by atoms with Crippen LogP contribution in [0.4, 0.5) is 0 Å². The van der Waals surface area contributed by atoms with Gasteiger partial charge in [0.05, 0.1) is 11.4 Å². The fourth-order valence-corrected chi connectivity index (χ4v) is 2.28. The maximum atomic E-state index is 11.2. The van der Waals surface area contributed by atoms with Gasteiger partial charge in [0.1, 0.15) is 5.82 Å². The predicted molar refractivity (Wildman–Crippen MR) is 70.9 cm³/mol. The van der Waals surface area contributed by atoms with Gasteiger partial charge in [-0.2, -0.15) is 0 Å². The van der Waals surface area contributed by atoms with Gasteiger partial charge in [-0.3, -0.25) is 4.98 Å². The number of H-pyrrole nitrogens is 1. The molecule has 2 aromatic heterocycles. The fourth-order valence-electron chi connectivity index (χ4n) is 2.28. The summed E-state index contributed by atoms with van der Waals surface area (Å²) in [6.45, 7) is 0.436. The first-order chi connectivity index (χ1) is 9.19. The lowest BCUT2D eigenvalue weighted by atomic mass is 9.98. The van der Waals surface area contributed by atoms with Gasteiger partial charge < -0.3 is 14.7 Å². The summed E-state index contributed by atoms with van der Waals surface area (Å²) in [7, 11) is 1.93. The number of nitrogens with two attached hydrogens (primary N) is 1. The molecule has 0 radical (unpaired) electrons. The van der Waals surface area contributed by atoms with Crippen molar-refractivity contribution < 1.29 is 4.42 Å². The monoisotopic (exact) mass is 258 g/mol. The van der Waals surface area contributed by atoms with Gasteiger partial charge in [0.15, 0.2) is 5.58 Å². The summed E-state index contributed by atoms with van der Waals surface area (Å²) < 4.78 is 7.01. The minimum atomic E-state index is -0.451. The van der Waals surface area contributed by atoms with Crippen LogP contribution in [-0.4, -0.2) is 21.1 Å². The van der Waals surface area contributed by atoms with Crippen LogP contribution in [0.3, 0.4) is 0 Å². The minimum Gasteiger partial charge on any atom is -0.408 e. The van der Waals surface area contributed by atoms with Crippen LogP contribution >= 0.6 is 0 Å². The fraction of sp³-hybridized carbons (Fsp3) is 0.231. The molecule has 3 rings (SSSR count). The quantitative estimate of drug-likeness (QED) is 0.731.